The molecule has 21 heavy (non-hydrogen) atoms. The zero-order valence-corrected chi connectivity index (χ0v) is 12.6. The number of aliphatic carboxylic acids is 1. The molecule has 2 amide bonds. The summed E-state index contributed by atoms with van der Waals surface area (Å²) < 4.78 is 5.34. The van der Waals surface area contributed by atoms with E-state index in [4.69, 9.17) is 9.84 Å². The van der Waals surface area contributed by atoms with E-state index in [2.05, 4.69) is 5.32 Å². The highest BCUT2D eigenvalue weighted by Gasteiger charge is 2.44. The number of fused-ring (bicyclic) bond motifs is 1. The second-order valence-electron chi connectivity index (χ2n) is 6.70. The lowest BCUT2D eigenvalue weighted by Gasteiger charge is -2.45. The lowest BCUT2D eigenvalue weighted by atomic mass is 9.80. The molecule has 0 aromatic heterocycles. The van der Waals surface area contributed by atoms with E-state index in [0.29, 0.717) is 19.3 Å². The van der Waals surface area contributed by atoms with E-state index < -0.39 is 23.6 Å². The van der Waals surface area contributed by atoms with E-state index in [1.165, 1.54) is 4.90 Å². The van der Waals surface area contributed by atoms with Crippen LogP contribution < -0.4 is 5.32 Å². The van der Waals surface area contributed by atoms with Gasteiger partial charge in [0.15, 0.2) is 0 Å². The molecule has 0 bridgehead atoms. The molecule has 2 fully saturated rings. The SMILES string of the molecule is CC(C)(C)OC(=O)N1CC(=O)N[C@@H]2C[C@H](C(=O)O)CC[C@@H]21. The quantitative estimate of drug-likeness (QED) is 0.752. The first-order chi connectivity index (χ1) is 9.67. The minimum absolute atomic E-state index is 0.0339. The Bertz CT molecular complexity index is 457. The van der Waals surface area contributed by atoms with Gasteiger partial charge in [0, 0.05) is 0 Å². The van der Waals surface area contributed by atoms with Gasteiger partial charge in [0.05, 0.1) is 18.0 Å². The van der Waals surface area contributed by atoms with Crippen molar-refractivity contribution in [3.05, 3.63) is 0 Å². The zero-order chi connectivity index (χ0) is 15.8. The van der Waals surface area contributed by atoms with Gasteiger partial charge in [0.2, 0.25) is 5.91 Å². The first kappa shape index (κ1) is 15.6. The first-order valence-corrected chi connectivity index (χ1v) is 7.19. The lowest BCUT2D eigenvalue weighted by Crippen LogP contribution is -2.64. The summed E-state index contributed by atoms with van der Waals surface area (Å²) in [7, 11) is 0. The van der Waals surface area contributed by atoms with Crippen LogP contribution in [-0.2, 0) is 14.3 Å². The Morgan fingerprint density at radius 1 is 1.33 bits per heavy atom. The molecule has 0 unspecified atom stereocenters. The molecule has 2 aliphatic rings. The molecule has 3 atom stereocenters. The van der Waals surface area contributed by atoms with Crippen LogP contribution in [0.5, 0.6) is 0 Å². The third-order valence-electron chi connectivity index (χ3n) is 3.85. The number of nitrogens with one attached hydrogen (secondary N) is 1. The molecule has 1 saturated heterocycles. The first-order valence-electron chi connectivity index (χ1n) is 7.19. The van der Waals surface area contributed by atoms with E-state index in [-0.39, 0.29) is 24.5 Å². The number of carbonyl (C=O) groups excluding carboxylic acids is 2. The Kier molecular flexibility index (Phi) is 4.11. The number of rotatable bonds is 1. The molecule has 7 heteroatoms. The van der Waals surface area contributed by atoms with Crippen molar-refractivity contribution in [3.63, 3.8) is 0 Å². The normalized spacial score (nSPS) is 29.4. The van der Waals surface area contributed by atoms with Gasteiger partial charge in [-0.1, -0.05) is 0 Å². The maximum atomic E-state index is 12.2. The number of hydrogen-bond donors (Lipinski definition) is 2. The molecule has 0 spiro atoms. The lowest BCUT2D eigenvalue weighted by molar-refractivity contribution is -0.145. The fourth-order valence-corrected chi connectivity index (χ4v) is 2.95. The Hall–Kier alpha value is -1.79. The third kappa shape index (κ3) is 3.65. The van der Waals surface area contributed by atoms with Crippen LogP contribution in [0.3, 0.4) is 0 Å². The van der Waals surface area contributed by atoms with Crippen LogP contribution >= 0.6 is 0 Å². The van der Waals surface area contributed by atoms with Crippen molar-refractivity contribution in [2.75, 3.05) is 6.54 Å². The predicted octanol–water partition coefficient (Wildman–Crippen LogP) is 0.975. The summed E-state index contributed by atoms with van der Waals surface area (Å²) in [5, 5.41) is 11.9. The fourth-order valence-electron chi connectivity index (χ4n) is 2.95. The van der Waals surface area contributed by atoms with Crippen molar-refractivity contribution in [1.82, 2.24) is 10.2 Å². The molecule has 7 nitrogen and oxygen atoms in total. The highest BCUT2D eigenvalue weighted by atomic mass is 16.6. The Morgan fingerprint density at radius 2 is 2.00 bits per heavy atom. The predicted molar refractivity (Wildman–Crippen MR) is 73.6 cm³/mol. The molecule has 2 N–H and O–H groups in total. The van der Waals surface area contributed by atoms with E-state index in [1.54, 1.807) is 20.8 Å². The monoisotopic (exact) mass is 298 g/mol. The summed E-state index contributed by atoms with van der Waals surface area (Å²) >= 11 is 0. The number of amides is 2. The summed E-state index contributed by atoms with van der Waals surface area (Å²) in [6.07, 6.45) is 0.902. The summed E-state index contributed by atoms with van der Waals surface area (Å²) in [5.74, 6) is -1.59. The van der Waals surface area contributed by atoms with E-state index in [1.807, 2.05) is 0 Å². The number of ether oxygens (including phenoxy) is 1. The van der Waals surface area contributed by atoms with Gasteiger partial charge in [-0.05, 0) is 40.0 Å². The topological polar surface area (TPSA) is 95.9 Å². The van der Waals surface area contributed by atoms with Crippen molar-refractivity contribution in [1.29, 1.82) is 0 Å². The van der Waals surface area contributed by atoms with E-state index in [0.717, 1.165) is 0 Å². The number of piperazine rings is 1. The second kappa shape index (κ2) is 5.54. The number of nitrogens with zero attached hydrogens (tertiary/aromatic N) is 1. The molecular weight excluding hydrogens is 276 g/mol. The summed E-state index contributed by atoms with van der Waals surface area (Å²) in [5.41, 5.74) is -0.626. The average molecular weight is 298 g/mol. The Morgan fingerprint density at radius 3 is 2.57 bits per heavy atom. The Balaban J connectivity index is 2.11. The van der Waals surface area contributed by atoms with Crippen molar-refractivity contribution in [3.8, 4) is 0 Å². The second-order valence-corrected chi connectivity index (χ2v) is 6.70. The Labute approximate surface area is 123 Å². The van der Waals surface area contributed by atoms with Gasteiger partial charge in [0.25, 0.3) is 0 Å². The highest BCUT2D eigenvalue weighted by molar-refractivity contribution is 5.84. The third-order valence-corrected chi connectivity index (χ3v) is 3.85. The molecule has 1 saturated carbocycles. The summed E-state index contributed by atoms with van der Waals surface area (Å²) in [6, 6.07) is -0.498. The van der Waals surface area contributed by atoms with Gasteiger partial charge in [-0.15, -0.1) is 0 Å². The van der Waals surface area contributed by atoms with Crippen molar-refractivity contribution in [2.24, 2.45) is 5.92 Å². The van der Waals surface area contributed by atoms with Gasteiger partial charge >= 0.3 is 12.1 Å². The molecular formula is C14H22N2O5. The van der Waals surface area contributed by atoms with Crippen molar-refractivity contribution < 1.29 is 24.2 Å². The van der Waals surface area contributed by atoms with Gasteiger partial charge in [-0.2, -0.15) is 0 Å². The smallest absolute Gasteiger partial charge is 0.411 e. The molecule has 1 aliphatic heterocycles. The fraction of sp³-hybridized carbons (Fsp3) is 0.786. The molecule has 118 valence electrons. The maximum Gasteiger partial charge on any atom is 0.411 e. The van der Waals surface area contributed by atoms with Crippen LogP contribution in [-0.4, -0.2) is 52.2 Å². The van der Waals surface area contributed by atoms with Crippen LogP contribution in [0, 0.1) is 5.92 Å². The standard InChI is InChI=1S/C14H22N2O5/c1-14(2,3)21-13(20)16-7-11(17)15-9-6-8(12(18)19)4-5-10(9)16/h8-10H,4-7H2,1-3H3,(H,15,17)(H,18,19)/t8-,9-,10+/m1/s1. The van der Waals surface area contributed by atoms with Crippen molar-refractivity contribution in [2.45, 2.75) is 57.7 Å². The molecule has 0 aromatic rings. The van der Waals surface area contributed by atoms with Gasteiger partial charge in [-0.25, -0.2) is 4.79 Å². The number of hydrogen-bond acceptors (Lipinski definition) is 4. The number of carboxylic acid groups (broad SMARTS) is 1. The molecule has 1 heterocycles. The average Bonchev–Trinajstić information content (AvgIpc) is 2.34. The van der Waals surface area contributed by atoms with Gasteiger partial charge in [0.1, 0.15) is 12.1 Å². The van der Waals surface area contributed by atoms with Gasteiger partial charge in [-0.3, -0.25) is 14.5 Å². The summed E-state index contributed by atoms with van der Waals surface area (Å²) in [4.78, 5) is 36.5. The number of carbonyl (C=O) groups is 3. The zero-order valence-electron chi connectivity index (χ0n) is 12.6. The molecule has 0 aromatic carbocycles. The van der Waals surface area contributed by atoms with Crippen molar-refractivity contribution >= 4 is 18.0 Å². The molecule has 0 radical (unpaired) electrons. The van der Waals surface area contributed by atoms with E-state index in [9.17, 15) is 14.4 Å². The number of carboxylic acids is 1. The van der Waals surface area contributed by atoms with E-state index >= 15 is 0 Å². The summed E-state index contributed by atoms with van der Waals surface area (Å²) in [6.45, 7) is 5.28. The molecule has 2 rings (SSSR count). The largest absolute Gasteiger partial charge is 0.481 e. The van der Waals surface area contributed by atoms with Gasteiger partial charge < -0.3 is 15.2 Å². The minimum atomic E-state index is -0.850. The van der Waals surface area contributed by atoms with Crippen LogP contribution in [0.4, 0.5) is 4.79 Å². The van der Waals surface area contributed by atoms with Crippen LogP contribution in [0.1, 0.15) is 40.0 Å². The van der Waals surface area contributed by atoms with Crippen LogP contribution in [0.2, 0.25) is 0 Å². The molecule has 1 aliphatic carbocycles. The minimum Gasteiger partial charge on any atom is -0.481 e. The van der Waals surface area contributed by atoms with Crippen LogP contribution in [0.15, 0.2) is 0 Å². The maximum absolute atomic E-state index is 12.2. The van der Waals surface area contributed by atoms with Crippen LogP contribution in [0.25, 0.3) is 0 Å². The highest BCUT2D eigenvalue weighted by Crippen LogP contribution is 2.31.